The summed E-state index contributed by atoms with van der Waals surface area (Å²) in [6.45, 7) is 5.13. The Morgan fingerprint density at radius 1 is 1.32 bits per heavy atom. The van der Waals surface area contributed by atoms with Gasteiger partial charge in [-0.3, -0.25) is 0 Å². The van der Waals surface area contributed by atoms with Gasteiger partial charge in [0.25, 0.3) is 0 Å². The second kappa shape index (κ2) is 6.71. The molecule has 1 heterocycles. The average molecular weight is 315 g/mol. The zero-order valence-corrected chi connectivity index (χ0v) is 13.2. The van der Waals surface area contributed by atoms with Crippen LogP contribution in [-0.2, 0) is 13.0 Å². The van der Waals surface area contributed by atoms with Crippen molar-refractivity contribution in [1.82, 2.24) is 10.3 Å². The number of halogens is 2. The van der Waals surface area contributed by atoms with Crippen molar-refractivity contribution in [3.05, 3.63) is 49.9 Å². The molecule has 0 aliphatic heterocycles. The van der Waals surface area contributed by atoms with E-state index < -0.39 is 0 Å². The first-order valence-electron chi connectivity index (χ1n) is 6.15. The predicted octanol–water partition coefficient (Wildman–Crippen LogP) is 4.54. The summed E-state index contributed by atoms with van der Waals surface area (Å²) in [5, 5.41) is 5.82. The largest absolute Gasteiger partial charge is 0.310 e. The minimum atomic E-state index is 0.483. The van der Waals surface area contributed by atoms with Crippen LogP contribution in [0.2, 0.25) is 10.0 Å². The molecule has 2 rings (SSSR count). The lowest BCUT2D eigenvalue weighted by molar-refractivity contribution is 0.593. The summed E-state index contributed by atoms with van der Waals surface area (Å²) in [5.41, 5.74) is 1.06. The van der Waals surface area contributed by atoms with Crippen LogP contribution in [0.4, 0.5) is 0 Å². The first kappa shape index (κ1) is 14.8. The summed E-state index contributed by atoms with van der Waals surface area (Å²) in [7, 11) is 0. The van der Waals surface area contributed by atoms with E-state index in [1.54, 1.807) is 17.4 Å². The monoisotopic (exact) mass is 314 g/mol. The third-order valence-corrected chi connectivity index (χ3v) is 4.23. The zero-order chi connectivity index (χ0) is 13.8. The lowest BCUT2D eigenvalue weighted by Gasteiger charge is -2.05. The molecule has 0 atom stereocenters. The maximum Gasteiger partial charge on any atom is 0.0972 e. The van der Waals surface area contributed by atoms with Crippen molar-refractivity contribution in [2.45, 2.75) is 32.9 Å². The Hall–Kier alpha value is -0.610. The van der Waals surface area contributed by atoms with Crippen LogP contribution in [0, 0.1) is 0 Å². The summed E-state index contributed by atoms with van der Waals surface area (Å²) in [5.74, 6) is 0. The van der Waals surface area contributed by atoms with Gasteiger partial charge < -0.3 is 5.32 Å². The van der Waals surface area contributed by atoms with Crippen LogP contribution in [0.25, 0.3) is 0 Å². The van der Waals surface area contributed by atoms with Crippen molar-refractivity contribution in [2.24, 2.45) is 0 Å². The number of hydrogen-bond donors (Lipinski definition) is 1. The molecule has 0 fully saturated rings. The Morgan fingerprint density at radius 3 is 2.79 bits per heavy atom. The Morgan fingerprint density at radius 2 is 2.11 bits per heavy atom. The van der Waals surface area contributed by atoms with Crippen LogP contribution in [0.1, 0.15) is 29.3 Å². The van der Waals surface area contributed by atoms with E-state index in [1.807, 2.05) is 18.3 Å². The van der Waals surface area contributed by atoms with Gasteiger partial charge in [-0.1, -0.05) is 43.1 Å². The van der Waals surface area contributed by atoms with Crippen molar-refractivity contribution in [3.63, 3.8) is 0 Å². The van der Waals surface area contributed by atoms with Crippen molar-refractivity contribution >= 4 is 34.5 Å². The zero-order valence-electron chi connectivity index (χ0n) is 10.9. The summed E-state index contributed by atoms with van der Waals surface area (Å²) in [4.78, 5) is 5.68. The fraction of sp³-hybridized carbons (Fsp3) is 0.357. The number of rotatable bonds is 5. The molecular formula is C14H16Cl2N2S. The van der Waals surface area contributed by atoms with Gasteiger partial charge in [-0.15, -0.1) is 11.3 Å². The number of nitrogens with one attached hydrogen (secondary N) is 1. The Kier molecular flexibility index (Phi) is 5.22. The first-order valence-corrected chi connectivity index (χ1v) is 7.72. The van der Waals surface area contributed by atoms with Crippen LogP contribution in [0.15, 0.2) is 24.4 Å². The number of hydrogen-bond acceptors (Lipinski definition) is 3. The highest BCUT2D eigenvalue weighted by atomic mass is 35.5. The molecule has 0 aliphatic rings. The standard InChI is InChI=1S/C14H16Cl2N2S/c1-9(2)17-7-12-8-18-14(19-12)5-10-3-4-11(15)6-13(10)16/h3-4,6,8-9,17H,5,7H2,1-2H3. The van der Waals surface area contributed by atoms with E-state index in [0.717, 1.165) is 23.5 Å². The molecule has 0 spiro atoms. The topological polar surface area (TPSA) is 24.9 Å². The Labute approximate surface area is 127 Å². The van der Waals surface area contributed by atoms with Gasteiger partial charge >= 0.3 is 0 Å². The highest BCUT2D eigenvalue weighted by Gasteiger charge is 2.07. The highest BCUT2D eigenvalue weighted by molar-refractivity contribution is 7.11. The average Bonchev–Trinajstić information content (AvgIpc) is 2.78. The number of benzene rings is 1. The molecule has 2 nitrogen and oxygen atoms in total. The molecule has 0 bridgehead atoms. The van der Waals surface area contributed by atoms with Gasteiger partial charge in [0.05, 0.1) is 5.01 Å². The van der Waals surface area contributed by atoms with Crippen LogP contribution in [0.3, 0.4) is 0 Å². The second-order valence-corrected chi connectivity index (χ2v) is 6.71. The third kappa shape index (κ3) is 4.46. The fourth-order valence-corrected chi connectivity index (χ4v) is 3.02. The number of nitrogens with zero attached hydrogens (tertiary/aromatic N) is 1. The predicted molar refractivity (Wildman–Crippen MR) is 83.4 cm³/mol. The minimum Gasteiger partial charge on any atom is -0.310 e. The van der Waals surface area contributed by atoms with Crippen molar-refractivity contribution < 1.29 is 0 Å². The Balaban J connectivity index is 2.03. The van der Waals surface area contributed by atoms with Gasteiger partial charge in [0, 0.05) is 40.1 Å². The van der Waals surface area contributed by atoms with Crippen molar-refractivity contribution in [1.29, 1.82) is 0 Å². The minimum absolute atomic E-state index is 0.483. The molecule has 0 radical (unpaired) electrons. The summed E-state index contributed by atoms with van der Waals surface area (Å²) in [6.07, 6.45) is 2.68. The van der Waals surface area contributed by atoms with Crippen LogP contribution < -0.4 is 5.32 Å². The molecule has 0 unspecified atom stereocenters. The SMILES string of the molecule is CC(C)NCc1cnc(Cc2ccc(Cl)cc2Cl)s1. The van der Waals surface area contributed by atoms with E-state index in [-0.39, 0.29) is 0 Å². The molecule has 1 aromatic carbocycles. The summed E-state index contributed by atoms with van der Waals surface area (Å²) < 4.78 is 0. The van der Waals surface area contributed by atoms with E-state index in [1.165, 1.54) is 4.88 Å². The quantitative estimate of drug-likeness (QED) is 0.876. The molecule has 0 amide bonds. The third-order valence-electron chi connectivity index (χ3n) is 2.64. The van der Waals surface area contributed by atoms with Gasteiger partial charge in [-0.25, -0.2) is 4.98 Å². The molecule has 0 aliphatic carbocycles. The molecule has 5 heteroatoms. The summed E-state index contributed by atoms with van der Waals surface area (Å²) in [6, 6.07) is 6.07. The van der Waals surface area contributed by atoms with Gasteiger partial charge in [0.2, 0.25) is 0 Å². The Bertz CT molecular complexity index is 552. The van der Waals surface area contributed by atoms with E-state index in [4.69, 9.17) is 23.2 Å². The van der Waals surface area contributed by atoms with Gasteiger partial charge in [-0.2, -0.15) is 0 Å². The van der Waals surface area contributed by atoms with E-state index >= 15 is 0 Å². The lowest BCUT2D eigenvalue weighted by Crippen LogP contribution is -2.21. The highest BCUT2D eigenvalue weighted by Crippen LogP contribution is 2.25. The normalized spacial score (nSPS) is 11.2. The van der Waals surface area contributed by atoms with Gasteiger partial charge in [-0.05, 0) is 17.7 Å². The summed E-state index contributed by atoms with van der Waals surface area (Å²) >= 11 is 13.8. The van der Waals surface area contributed by atoms with Crippen molar-refractivity contribution in [3.8, 4) is 0 Å². The fourth-order valence-electron chi connectivity index (χ4n) is 1.64. The molecule has 19 heavy (non-hydrogen) atoms. The lowest BCUT2D eigenvalue weighted by atomic mass is 10.1. The maximum atomic E-state index is 6.17. The van der Waals surface area contributed by atoms with E-state index in [2.05, 4.69) is 24.1 Å². The van der Waals surface area contributed by atoms with Gasteiger partial charge in [0.1, 0.15) is 0 Å². The first-order chi connectivity index (χ1) is 9.04. The van der Waals surface area contributed by atoms with E-state index in [0.29, 0.717) is 16.1 Å². The molecule has 2 aromatic rings. The molecule has 0 saturated heterocycles. The molecule has 1 aromatic heterocycles. The van der Waals surface area contributed by atoms with Crippen LogP contribution in [-0.4, -0.2) is 11.0 Å². The number of thiazole rings is 1. The molecule has 1 N–H and O–H groups in total. The van der Waals surface area contributed by atoms with Crippen LogP contribution >= 0.6 is 34.5 Å². The van der Waals surface area contributed by atoms with E-state index in [9.17, 15) is 0 Å². The van der Waals surface area contributed by atoms with Gasteiger partial charge in [0.15, 0.2) is 0 Å². The van der Waals surface area contributed by atoms with Crippen molar-refractivity contribution in [2.75, 3.05) is 0 Å². The smallest absolute Gasteiger partial charge is 0.0972 e. The second-order valence-electron chi connectivity index (χ2n) is 4.67. The molecule has 0 saturated carbocycles. The molecular weight excluding hydrogens is 299 g/mol. The van der Waals surface area contributed by atoms with Crippen LogP contribution in [0.5, 0.6) is 0 Å². The molecule has 102 valence electrons. The number of aromatic nitrogens is 1. The maximum absolute atomic E-state index is 6.17.